The molecular weight excluding hydrogens is 404 g/mol. The lowest BCUT2D eigenvalue weighted by Crippen LogP contribution is -2.56. The van der Waals surface area contributed by atoms with Gasteiger partial charge in [0.2, 0.25) is 0 Å². The minimum atomic E-state index is -0.398. The zero-order chi connectivity index (χ0) is 22.3. The van der Waals surface area contributed by atoms with Crippen molar-refractivity contribution in [3.05, 3.63) is 71.8 Å². The van der Waals surface area contributed by atoms with Gasteiger partial charge in [-0.2, -0.15) is 0 Å². The van der Waals surface area contributed by atoms with Gasteiger partial charge in [-0.1, -0.05) is 60.7 Å². The Balaban J connectivity index is 1.37. The SMILES string of the molecule is O=C(C(=O)N1CCN(C(c2ccccc2)c2ccccc2)CC1)N1CCN(CCO)CC1. The van der Waals surface area contributed by atoms with Crippen molar-refractivity contribution in [2.24, 2.45) is 0 Å². The molecule has 2 saturated heterocycles. The molecule has 1 N–H and O–H groups in total. The summed E-state index contributed by atoms with van der Waals surface area (Å²) in [6.45, 7) is 5.73. The fourth-order valence-corrected chi connectivity index (χ4v) is 4.65. The van der Waals surface area contributed by atoms with E-state index in [1.54, 1.807) is 9.80 Å². The van der Waals surface area contributed by atoms with Crippen LogP contribution >= 0.6 is 0 Å². The fourth-order valence-electron chi connectivity index (χ4n) is 4.65. The predicted molar refractivity (Wildman–Crippen MR) is 123 cm³/mol. The number of benzene rings is 2. The highest BCUT2D eigenvalue weighted by atomic mass is 16.3. The molecule has 170 valence electrons. The van der Waals surface area contributed by atoms with Crippen molar-refractivity contribution in [2.75, 3.05) is 65.5 Å². The molecule has 2 heterocycles. The Kier molecular flexibility index (Phi) is 7.52. The minimum Gasteiger partial charge on any atom is -0.395 e. The van der Waals surface area contributed by atoms with E-state index in [1.807, 2.05) is 12.1 Å². The topological polar surface area (TPSA) is 67.3 Å². The van der Waals surface area contributed by atoms with Crippen LogP contribution in [0.15, 0.2) is 60.7 Å². The van der Waals surface area contributed by atoms with Crippen LogP contribution in [0.25, 0.3) is 0 Å². The van der Waals surface area contributed by atoms with E-state index in [0.717, 1.165) is 13.1 Å². The van der Waals surface area contributed by atoms with Gasteiger partial charge < -0.3 is 14.9 Å². The maximum Gasteiger partial charge on any atom is 0.312 e. The number of amides is 2. The second-order valence-electron chi connectivity index (χ2n) is 8.41. The molecular formula is C25H32N4O3. The van der Waals surface area contributed by atoms with Crippen molar-refractivity contribution in [2.45, 2.75) is 6.04 Å². The normalized spacial score (nSPS) is 18.2. The Morgan fingerprint density at radius 1 is 0.688 bits per heavy atom. The quantitative estimate of drug-likeness (QED) is 0.710. The Morgan fingerprint density at radius 2 is 1.12 bits per heavy atom. The Bertz CT molecular complexity index is 837. The number of piperazine rings is 2. The molecule has 0 saturated carbocycles. The van der Waals surface area contributed by atoms with Crippen LogP contribution in [0.5, 0.6) is 0 Å². The van der Waals surface area contributed by atoms with Crippen LogP contribution in [0.3, 0.4) is 0 Å². The molecule has 0 unspecified atom stereocenters. The van der Waals surface area contributed by atoms with Crippen LogP contribution in [0, 0.1) is 0 Å². The van der Waals surface area contributed by atoms with Gasteiger partial charge in [0.05, 0.1) is 12.6 Å². The molecule has 2 fully saturated rings. The lowest BCUT2D eigenvalue weighted by atomic mass is 9.96. The molecule has 2 amide bonds. The van der Waals surface area contributed by atoms with Gasteiger partial charge in [0.1, 0.15) is 0 Å². The number of aliphatic hydroxyl groups excluding tert-OH is 1. The summed E-state index contributed by atoms with van der Waals surface area (Å²) in [5.41, 5.74) is 2.46. The van der Waals surface area contributed by atoms with E-state index in [1.165, 1.54) is 11.1 Å². The summed E-state index contributed by atoms with van der Waals surface area (Å²) < 4.78 is 0. The summed E-state index contributed by atoms with van der Waals surface area (Å²) in [4.78, 5) is 33.5. The first kappa shape index (κ1) is 22.5. The molecule has 4 rings (SSSR count). The van der Waals surface area contributed by atoms with E-state index < -0.39 is 11.8 Å². The molecule has 2 aliphatic heterocycles. The van der Waals surface area contributed by atoms with Crippen LogP contribution in [0.2, 0.25) is 0 Å². The molecule has 2 aliphatic rings. The number of carbonyl (C=O) groups is 2. The van der Waals surface area contributed by atoms with Gasteiger partial charge >= 0.3 is 11.8 Å². The van der Waals surface area contributed by atoms with Crippen LogP contribution in [-0.2, 0) is 9.59 Å². The smallest absolute Gasteiger partial charge is 0.312 e. The monoisotopic (exact) mass is 436 g/mol. The molecule has 0 aromatic heterocycles. The average molecular weight is 437 g/mol. The van der Waals surface area contributed by atoms with Gasteiger partial charge in [0.25, 0.3) is 0 Å². The van der Waals surface area contributed by atoms with Crippen molar-refractivity contribution in [1.29, 1.82) is 0 Å². The first-order valence-corrected chi connectivity index (χ1v) is 11.4. The Morgan fingerprint density at radius 3 is 1.56 bits per heavy atom. The van der Waals surface area contributed by atoms with Gasteiger partial charge in [-0.25, -0.2) is 0 Å². The number of hydrogen-bond donors (Lipinski definition) is 1. The van der Waals surface area contributed by atoms with Crippen molar-refractivity contribution in [3.63, 3.8) is 0 Å². The largest absolute Gasteiger partial charge is 0.395 e. The summed E-state index contributed by atoms with van der Waals surface area (Å²) in [5.74, 6) is -0.791. The Hall–Kier alpha value is -2.74. The average Bonchev–Trinajstić information content (AvgIpc) is 2.86. The van der Waals surface area contributed by atoms with Gasteiger partial charge in [-0.15, -0.1) is 0 Å². The van der Waals surface area contributed by atoms with Crippen LogP contribution in [0.4, 0.5) is 0 Å². The second-order valence-corrected chi connectivity index (χ2v) is 8.41. The zero-order valence-electron chi connectivity index (χ0n) is 18.5. The number of rotatable bonds is 5. The summed E-state index contributed by atoms with van der Waals surface area (Å²) in [7, 11) is 0. The minimum absolute atomic E-state index is 0.115. The van der Waals surface area contributed by atoms with Crippen LogP contribution < -0.4 is 0 Å². The molecule has 0 aliphatic carbocycles. The molecule has 2 aromatic rings. The third-order valence-corrected chi connectivity index (χ3v) is 6.46. The third-order valence-electron chi connectivity index (χ3n) is 6.46. The molecule has 7 nitrogen and oxygen atoms in total. The van der Waals surface area contributed by atoms with Crippen molar-refractivity contribution < 1.29 is 14.7 Å². The molecule has 0 atom stereocenters. The number of hydrogen-bond acceptors (Lipinski definition) is 5. The van der Waals surface area contributed by atoms with Crippen LogP contribution in [-0.4, -0.2) is 102 Å². The number of carbonyl (C=O) groups excluding carboxylic acids is 2. The van der Waals surface area contributed by atoms with Gasteiger partial charge in [0.15, 0.2) is 0 Å². The standard InChI is InChI=1S/C25H32N4O3/c30-20-19-26-11-13-28(14-12-26)24(31)25(32)29-17-15-27(16-18-29)23(21-7-3-1-4-8-21)22-9-5-2-6-10-22/h1-10,23,30H,11-20H2. The molecule has 7 heteroatoms. The highest BCUT2D eigenvalue weighted by Crippen LogP contribution is 2.29. The lowest BCUT2D eigenvalue weighted by Gasteiger charge is -2.40. The third kappa shape index (κ3) is 5.18. The van der Waals surface area contributed by atoms with E-state index in [9.17, 15) is 9.59 Å². The summed E-state index contributed by atoms with van der Waals surface area (Å²) in [5, 5.41) is 9.07. The highest BCUT2D eigenvalue weighted by Gasteiger charge is 2.33. The lowest BCUT2D eigenvalue weighted by molar-refractivity contribution is -0.154. The molecule has 2 aromatic carbocycles. The van der Waals surface area contributed by atoms with Gasteiger partial charge in [-0.05, 0) is 11.1 Å². The number of β-amino-alcohol motifs (C(OH)–C–C–N with tert-alkyl or cyclic N) is 1. The van der Waals surface area contributed by atoms with E-state index in [0.29, 0.717) is 45.8 Å². The fraction of sp³-hybridized carbons (Fsp3) is 0.440. The zero-order valence-corrected chi connectivity index (χ0v) is 18.5. The highest BCUT2D eigenvalue weighted by molar-refractivity contribution is 6.34. The van der Waals surface area contributed by atoms with Crippen LogP contribution in [0.1, 0.15) is 17.2 Å². The predicted octanol–water partition coefficient (Wildman–Crippen LogP) is 1.06. The van der Waals surface area contributed by atoms with E-state index in [2.05, 4.69) is 58.3 Å². The van der Waals surface area contributed by atoms with Crippen molar-refractivity contribution in [1.82, 2.24) is 19.6 Å². The Labute approximate surface area is 189 Å². The number of nitrogens with zero attached hydrogens (tertiary/aromatic N) is 4. The van der Waals surface area contributed by atoms with E-state index in [4.69, 9.17) is 5.11 Å². The summed E-state index contributed by atoms with van der Waals surface area (Å²) in [6, 6.07) is 21.0. The maximum atomic E-state index is 12.9. The molecule has 32 heavy (non-hydrogen) atoms. The van der Waals surface area contributed by atoms with Gasteiger partial charge in [-0.3, -0.25) is 19.4 Å². The number of aliphatic hydroxyl groups is 1. The molecule has 0 bridgehead atoms. The molecule has 0 radical (unpaired) electrons. The van der Waals surface area contributed by atoms with Crippen molar-refractivity contribution >= 4 is 11.8 Å². The summed E-state index contributed by atoms with van der Waals surface area (Å²) >= 11 is 0. The maximum absolute atomic E-state index is 12.9. The summed E-state index contributed by atoms with van der Waals surface area (Å²) in [6.07, 6.45) is 0. The van der Waals surface area contributed by atoms with E-state index in [-0.39, 0.29) is 12.6 Å². The molecule has 0 spiro atoms. The van der Waals surface area contributed by atoms with Gasteiger partial charge in [0, 0.05) is 58.9 Å². The second kappa shape index (κ2) is 10.7. The van der Waals surface area contributed by atoms with Crippen molar-refractivity contribution in [3.8, 4) is 0 Å². The first-order valence-electron chi connectivity index (χ1n) is 11.4. The first-order chi connectivity index (χ1) is 15.7. The van der Waals surface area contributed by atoms with E-state index >= 15 is 0 Å².